The number of para-hydroxylation sites is 2. The van der Waals surface area contributed by atoms with Crippen LogP contribution in [0.1, 0.15) is 11.1 Å². The number of ether oxygens (including phenoxy) is 1. The molecule has 8 nitrogen and oxygen atoms in total. The minimum Gasteiger partial charge on any atom is -0.477 e. The second-order valence-electron chi connectivity index (χ2n) is 9.64. The summed E-state index contributed by atoms with van der Waals surface area (Å²) in [5.41, 5.74) is 1.81. The van der Waals surface area contributed by atoms with E-state index in [9.17, 15) is 22.4 Å². The molecule has 1 aliphatic rings. The molecule has 0 unspecified atom stereocenters. The van der Waals surface area contributed by atoms with Gasteiger partial charge < -0.3 is 15.0 Å². The summed E-state index contributed by atoms with van der Waals surface area (Å²) in [6.07, 6.45) is -1.02. The third-order valence-electron chi connectivity index (χ3n) is 6.71. The maximum absolute atomic E-state index is 13.8. The average Bonchev–Trinajstić information content (AvgIpc) is 3.00. The Morgan fingerprint density at radius 1 is 0.905 bits per heavy atom. The predicted octanol–water partition coefficient (Wildman–Crippen LogP) is 4.78. The van der Waals surface area contributed by atoms with Crippen molar-refractivity contribution in [2.45, 2.75) is 24.1 Å². The second kappa shape index (κ2) is 12.7. The number of carbonyl (C=O) groups is 2. The van der Waals surface area contributed by atoms with Crippen LogP contribution in [0.2, 0.25) is 5.02 Å². The zero-order valence-corrected chi connectivity index (χ0v) is 23.9. The molecule has 2 amide bonds. The second-order valence-corrected chi connectivity index (χ2v) is 12.0. The van der Waals surface area contributed by atoms with E-state index in [1.807, 2.05) is 30.3 Å². The first-order valence-corrected chi connectivity index (χ1v) is 14.9. The Morgan fingerprint density at radius 2 is 1.57 bits per heavy atom. The van der Waals surface area contributed by atoms with Gasteiger partial charge in [-0.2, -0.15) is 4.31 Å². The van der Waals surface area contributed by atoms with E-state index in [1.165, 1.54) is 53.4 Å². The SMILES string of the molecule is O=C(NCc1ccccc1)[C@@H]1CN(C(=O)CN(Cc2ccc(F)cc2)S(=O)(=O)c2ccc(Cl)cc2)c2ccccc2O1. The molecule has 216 valence electrons. The number of nitrogens with zero attached hydrogens (tertiary/aromatic N) is 2. The molecule has 0 spiro atoms. The van der Waals surface area contributed by atoms with Crippen molar-refractivity contribution < 1.29 is 27.1 Å². The van der Waals surface area contributed by atoms with Gasteiger partial charge in [-0.15, -0.1) is 0 Å². The fourth-order valence-corrected chi connectivity index (χ4v) is 6.02. The Bertz CT molecular complexity index is 1670. The van der Waals surface area contributed by atoms with E-state index in [-0.39, 0.29) is 24.5 Å². The first-order chi connectivity index (χ1) is 20.2. The quantitative estimate of drug-likeness (QED) is 0.295. The molecule has 0 aliphatic carbocycles. The number of amides is 2. The topological polar surface area (TPSA) is 96.0 Å². The van der Waals surface area contributed by atoms with E-state index in [4.69, 9.17) is 16.3 Å². The summed E-state index contributed by atoms with van der Waals surface area (Å²) in [7, 11) is -4.18. The van der Waals surface area contributed by atoms with Crippen LogP contribution < -0.4 is 15.0 Å². The molecule has 0 saturated carbocycles. The maximum Gasteiger partial charge on any atom is 0.263 e. The lowest BCUT2D eigenvalue weighted by atomic mass is 10.1. The average molecular weight is 608 g/mol. The van der Waals surface area contributed by atoms with Gasteiger partial charge in [0, 0.05) is 18.1 Å². The van der Waals surface area contributed by atoms with Crippen LogP contribution in [0, 0.1) is 5.82 Å². The molecule has 0 bridgehead atoms. The van der Waals surface area contributed by atoms with Crippen LogP contribution in [0.15, 0.2) is 108 Å². The molecule has 0 saturated heterocycles. The molecule has 1 atom stereocenters. The van der Waals surface area contributed by atoms with E-state index < -0.39 is 40.3 Å². The maximum atomic E-state index is 13.8. The van der Waals surface area contributed by atoms with Gasteiger partial charge in [-0.05, 0) is 59.7 Å². The fraction of sp³-hybridized carbons (Fsp3) is 0.161. The van der Waals surface area contributed by atoms with Gasteiger partial charge in [-0.3, -0.25) is 9.59 Å². The highest BCUT2D eigenvalue weighted by Crippen LogP contribution is 2.34. The van der Waals surface area contributed by atoms with Crippen molar-refractivity contribution in [1.29, 1.82) is 0 Å². The number of hydrogen-bond acceptors (Lipinski definition) is 5. The van der Waals surface area contributed by atoms with Crippen molar-refractivity contribution in [3.8, 4) is 5.75 Å². The molecule has 0 aromatic heterocycles. The molecule has 0 radical (unpaired) electrons. The molecular weight excluding hydrogens is 581 g/mol. The van der Waals surface area contributed by atoms with Crippen LogP contribution in [0.3, 0.4) is 0 Å². The van der Waals surface area contributed by atoms with Gasteiger partial charge in [0.15, 0.2) is 6.10 Å². The highest BCUT2D eigenvalue weighted by Gasteiger charge is 2.36. The number of benzene rings is 4. The van der Waals surface area contributed by atoms with Crippen LogP contribution in [0.25, 0.3) is 0 Å². The Labute approximate surface area is 248 Å². The van der Waals surface area contributed by atoms with E-state index >= 15 is 0 Å². The van der Waals surface area contributed by atoms with Gasteiger partial charge in [-0.1, -0.05) is 66.2 Å². The lowest BCUT2D eigenvalue weighted by Gasteiger charge is -2.35. The largest absolute Gasteiger partial charge is 0.477 e. The number of rotatable bonds is 9. The Morgan fingerprint density at radius 3 is 2.29 bits per heavy atom. The van der Waals surface area contributed by atoms with E-state index in [1.54, 1.807) is 24.3 Å². The van der Waals surface area contributed by atoms with Crippen molar-refractivity contribution in [2.24, 2.45) is 0 Å². The Kier molecular flexibility index (Phi) is 8.86. The van der Waals surface area contributed by atoms with E-state index in [0.717, 1.165) is 9.87 Å². The molecule has 4 aromatic carbocycles. The number of fused-ring (bicyclic) bond motifs is 1. The van der Waals surface area contributed by atoms with Gasteiger partial charge in [0.2, 0.25) is 15.9 Å². The normalized spacial score (nSPS) is 14.6. The lowest BCUT2D eigenvalue weighted by Crippen LogP contribution is -2.52. The van der Waals surface area contributed by atoms with Crippen LogP contribution in [-0.4, -0.2) is 43.7 Å². The van der Waals surface area contributed by atoms with Gasteiger partial charge in [0.25, 0.3) is 5.91 Å². The molecule has 0 fully saturated rings. The van der Waals surface area contributed by atoms with Crippen molar-refractivity contribution in [3.63, 3.8) is 0 Å². The van der Waals surface area contributed by atoms with Crippen LogP contribution in [-0.2, 0) is 32.7 Å². The molecule has 42 heavy (non-hydrogen) atoms. The molecule has 5 rings (SSSR count). The van der Waals surface area contributed by atoms with Crippen LogP contribution in [0.4, 0.5) is 10.1 Å². The van der Waals surface area contributed by atoms with Crippen molar-refractivity contribution in [2.75, 3.05) is 18.0 Å². The highest BCUT2D eigenvalue weighted by atomic mass is 35.5. The number of nitrogens with one attached hydrogen (secondary N) is 1. The van der Waals surface area contributed by atoms with Crippen LogP contribution in [0.5, 0.6) is 5.75 Å². The van der Waals surface area contributed by atoms with Gasteiger partial charge in [-0.25, -0.2) is 12.8 Å². The molecule has 1 aliphatic heterocycles. The van der Waals surface area contributed by atoms with Crippen molar-refractivity contribution in [1.82, 2.24) is 9.62 Å². The van der Waals surface area contributed by atoms with Gasteiger partial charge in [0.05, 0.1) is 23.7 Å². The third kappa shape index (κ3) is 6.79. The number of hydrogen-bond donors (Lipinski definition) is 1. The zero-order valence-electron chi connectivity index (χ0n) is 22.3. The monoisotopic (exact) mass is 607 g/mol. The van der Waals surface area contributed by atoms with Crippen molar-refractivity contribution in [3.05, 3.63) is 125 Å². The minimum atomic E-state index is -4.18. The Balaban J connectivity index is 1.40. The molecule has 11 heteroatoms. The van der Waals surface area contributed by atoms with E-state index in [2.05, 4.69) is 5.32 Å². The first-order valence-electron chi connectivity index (χ1n) is 13.1. The summed E-state index contributed by atoms with van der Waals surface area (Å²) in [6.45, 7) is -0.583. The smallest absolute Gasteiger partial charge is 0.263 e. The molecular formula is C31H27ClFN3O5S. The molecule has 1 N–H and O–H groups in total. The number of anilines is 1. The van der Waals surface area contributed by atoms with Crippen LogP contribution >= 0.6 is 11.6 Å². The standard InChI is InChI=1S/C31H27ClFN3O5S/c32-24-12-16-26(17-13-24)42(39,40)35(19-23-10-14-25(33)15-11-23)21-30(37)36-20-29(41-28-9-5-4-8-27(28)36)31(38)34-18-22-6-2-1-3-7-22/h1-17,29H,18-21H2,(H,34,38)/t29-/m0/s1. The molecule has 4 aromatic rings. The summed E-state index contributed by atoms with van der Waals surface area (Å²) < 4.78 is 48.0. The van der Waals surface area contributed by atoms with E-state index in [0.29, 0.717) is 22.0 Å². The lowest BCUT2D eigenvalue weighted by molar-refractivity contribution is -0.128. The zero-order chi connectivity index (χ0) is 29.7. The number of sulfonamides is 1. The van der Waals surface area contributed by atoms with Gasteiger partial charge >= 0.3 is 0 Å². The highest BCUT2D eigenvalue weighted by molar-refractivity contribution is 7.89. The first kappa shape index (κ1) is 29.2. The summed E-state index contributed by atoms with van der Waals surface area (Å²) in [5, 5.41) is 3.20. The van der Waals surface area contributed by atoms with Gasteiger partial charge in [0.1, 0.15) is 11.6 Å². The number of carbonyl (C=O) groups excluding carboxylic acids is 2. The summed E-state index contributed by atoms with van der Waals surface area (Å²) in [5.74, 6) is -1.12. The summed E-state index contributed by atoms with van der Waals surface area (Å²) in [6, 6.07) is 27.1. The molecule has 1 heterocycles. The number of halogens is 2. The Hall–Kier alpha value is -4.25. The van der Waals surface area contributed by atoms with Crippen molar-refractivity contribution >= 4 is 39.1 Å². The minimum absolute atomic E-state index is 0.0534. The predicted molar refractivity (Wildman–Crippen MR) is 157 cm³/mol. The summed E-state index contributed by atoms with van der Waals surface area (Å²) in [4.78, 5) is 28.2. The fourth-order valence-electron chi connectivity index (χ4n) is 4.52. The summed E-state index contributed by atoms with van der Waals surface area (Å²) >= 11 is 5.97. The third-order valence-corrected chi connectivity index (χ3v) is 8.77.